The minimum atomic E-state index is -0.927. The van der Waals surface area contributed by atoms with Gasteiger partial charge < -0.3 is 15.0 Å². The van der Waals surface area contributed by atoms with Gasteiger partial charge >= 0.3 is 5.97 Å². The molecule has 0 spiro atoms. The average Bonchev–Trinajstić information content (AvgIpc) is 3.42. The summed E-state index contributed by atoms with van der Waals surface area (Å²) in [6.45, 7) is 1.77. The summed E-state index contributed by atoms with van der Waals surface area (Å²) in [6.07, 6.45) is 3.01. The van der Waals surface area contributed by atoms with E-state index >= 15 is 0 Å². The molecule has 1 aromatic carbocycles. The molecule has 1 aliphatic heterocycles. The Morgan fingerprint density at radius 1 is 1.38 bits per heavy atom. The predicted molar refractivity (Wildman–Crippen MR) is 93.2 cm³/mol. The molecule has 1 aromatic rings. The topological polar surface area (TPSA) is 99.5 Å². The molecule has 0 unspecified atom stereocenters. The van der Waals surface area contributed by atoms with E-state index in [-0.39, 0.29) is 17.4 Å². The second kappa shape index (κ2) is 7.16. The molecule has 1 N–H and O–H groups in total. The number of ether oxygens (including phenoxy) is 1. The van der Waals surface area contributed by atoms with E-state index in [1.165, 1.54) is 0 Å². The molecule has 0 bridgehead atoms. The van der Waals surface area contributed by atoms with E-state index in [4.69, 9.17) is 4.74 Å². The van der Waals surface area contributed by atoms with Crippen molar-refractivity contribution in [1.29, 1.82) is 5.26 Å². The molecule has 7 nitrogen and oxygen atoms in total. The van der Waals surface area contributed by atoms with E-state index in [1.807, 2.05) is 0 Å². The fraction of sp³-hybridized carbons (Fsp3) is 0.474. The predicted octanol–water partition coefficient (Wildman–Crippen LogP) is 1.78. The molecule has 1 saturated heterocycles. The van der Waals surface area contributed by atoms with Crippen molar-refractivity contribution in [2.45, 2.75) is 38.1 Å². The first kappa shape index (κ1) is 17.9. The maximum atomic E-state index is 12.4. The summed E-state index contributed by atoms with van der Waals surface area (Å²) < 4.78 is 5.12. The lowest BCUT2D eigenvalue weighted by Crippen LogP contribution is -2.48. The van der Waals surface area contributed by atoms with E-state index in [0.717, 1.165) is 19.3 Å². The lowest BCUT2D eigenvalue weighted by molar-refractivity contribution is -0.125. The highest BCUT2D eigenvalue weighted by Crippen LogP contribution is 2.39. The Labute approximate surface area is 151 Å². The van der Waals surface area contributed by atoms with Crippen molar-refractivity contribution in [3.05, 3.63) is 29.8 Å². The Balaban J connectivity index is 1.63. The third-order valence-electron chi connectivity index (χ3n) is 4.85. The number of rotatable bonds is 6. The van der Waals surface area contributed by atoms with Gasteiger partial charge in [-0.1, -0.05) is 12.1 Å². The monoisotopic (exact) mass is 355 g/mol. The highest BCUT2D eigenvalue weighted by Gasteiger charge is 2.43. The summed E-state index contributed by atoms with van der Waals surface area (Å²) in [4.78, 5) is 38.0. The van der Waals surface area contributed by atoms with Crippen molar-refractivity contribution < 1.29 is 19.1 Å². The molecule has 0 aromatic heterocycles. The standard InChI is InChI=1S/C19H21N3O4/c1-19(12-20,13-8-9-13)21-16(23)11-26-18(25)14-5-2-3-6-15(14)22-10-4-7-17(22)24/h2-3,5-6,13H,4,7-11H2,1H3,(H,21,23)/t19-/m0/s1. The molecular weight excluding hydrogens is 334 g/mol. The van der Waals surface area contributed by atoms with Gasteiger partial charge in [-0.05, 0) is 44.2 Å². The first-order valence-electron chi connectivity index (χ1n) is 8.73. The second-order valence-electron chi connectivity index (χ2n) is 6.88. The van der Waals surface area contributed by atoms with Gasteiger partial charge in [0.1, 0.15) is 5.54 Å². The van der Waals surface area contributed by atoms with E-state index in [2.05, 4.69) is 11.4 Å². The molecule has 2 fully saturated rings. The van der Waals surface area contributed by atoms with Crippen LogP contribution in [0, 0.1) is 17.2 Å². The van der Waals surface area contributed by atoms with Crippen LogP contribution < -0.4 is 10.2 Å². The first-order valence-corrected chi connectivity index (χ1v) is 8.73. The Bertz CT molecular complexity index is 781. The Morgan fingerprint density at radius 3 is 2.73 bits per heavy atom. The largest absolute Gasteiger partial charge is 0.452 e. The fourth-order valence-corrected chi connectivity index (χ4v) is 3.20. The van der Waals surface area contributed by atoms with Gasteiger partial charge in [0.15, 0.2) is 6.61 Å². The van der Waals surface area contributed by atoms with Gasteiger partial charge in [0, 0.05) is 13.0 Å². The van der Waals surface area contributed by atoms with Crippen molar-refractivity contribution in [3.63, 3.8) is 0 Å². The van der Waals surface area contributed by atoms with Crippen LogP contribution >= 0.6 is 0 Å². The van der Waals surface area contributed by atoms with Crippen LogP contribution in [0.4, 0.5) is 5.69 Å². The summed E-state index contributed by atoms with van der Waals surface area (Å²) in [7, 11) is 0. The smallest absolute Gasteiger partial charge is 0.340 e. The number of hydrogen-bond acceptors (Lipinski definition) is 5. The van der Waals surface area contributed by atoms with E-state index in [9.17, 15) is 19.6 Å². The van der Waals surface area contributed by atoms with Crippen LogP contribution in [-0.4, -0.2) is 36.5 Å². The maximum absolute atomic E-state index is 12.4. The van der Waals surface area contributed by atoms with Gasteiger partial charge in [-0.3, -0.25) is 9.59 Å². The summed E-state index contributed by atoms with van der Waals surface area (Å²) >= 11 is 0. The molecule has 1 saturated carbocycles. The van der Waals surface area contributed by atoms with Gasteiger partial charge in [0.25, 0.3) is 5.91 Å². The average molecular weight is 355 g/mol. The van der Waals surface area contributed by atoms with Crippen LogP contribution in [0.1, 0.15) is 43.0 Å². The molecule has 136 valence electrons. The number of carbonyl (C=O) groups is 3. The highest BCUT2D eigenvalue weighted by molar-refractivity contribution is 6.03. The van der Waals surface area contributed by atoms with Crippen LogP contribution in [0.5, 0.6) is 0 Å². The van der Waals surface area contributed by atoms with Crippen LogP contribution in [0.2, 0.25) is 0 Å². The van der Waals surface area contributed by atoms with E-state index in [1.54, 1.807) is 36.1 Å². The number of nitriles is 1. The number of carbonyl (C=O) groups excluding carboxylic acids is 3. The number of hydrogen-bond donors (Lipinski definition) is 1. The number of nitrogens with zero attached hydrogens (tertiary/aromatic N) is 2. The minimum absolute atomic E-state index is 0.0304. The third-order valence-corrected chi connectivity index (χ3v) is 4.85. The Hall–Kier alpha value is -2.88. The third kappa shape index (κ3) is 3.69. The van der Waals surface area contributed by atoms with Gasteiger partial charge in [0.05, 0.1) is 17.3 Å². The zero-order valence-corrected chi connectivity index (χ0v) is 14.7. The molecule has 26 heavy (non-hydrogen) atoms. The molecule has 1 atom stereocenters. The molecule has 2 amide bonds. The Kier molecular flexibility index (Phi) is 4.94. The lowest BCUT2D eigenvalue weighted by Gasteiger charge is -2.23. The SMILES string of the molecule is C[C@@](C#N)(NC(=O)COC(=O)c1ccccc1N1CCCC1=O)C1CC1. The number of para-hydroxylation sites is 1. The quantitative estimate of drug-likeness (QED) is 0.784. The first-order chi connectivity index (χ1) is 12.4. The Morgan fingerprint density at radius 2 is 2.12 bits per heavy atom. The number of anilines is 1. The lowest BCUT2D eigenvalue weighted by atomic mass is 9.98. The number of nitrogens with one attached hydrogen (secondary N) is 1. The number of amides is 2. The molecule has 3 rings (SSSR count). The summed E-state index contributed by atoms with van der Waals surface area (Å²) in [5.41, 5.74) is -0.176. The summed E-state index contributed by atoms with van der Waals surface area (Å²) in [5.74, 6) is -1.06. The van der Waals surface area contributed by atoms with Crippen molar-refractivity contribution in [3.8, 4) is 6.07 Å². The number of benzene rings is 1. The van der Waals surface area contributed by atoms with Crippen molar-refractivity contribution >= 4 is 23.5 Å². The van der Waals surface area contributed by atoms with Crippen LogP contribution in [0.25, 0.3) is 0 Å². The maximum Gasteiger partial charge on any atom is 0.340 e. The molecule has 1 aliphatic carbocycles. The molecular formula is C19H21N3O4. The zero-order chi connectivity index (χ0) is 18.7. The molecule has 2 aliphatic rings. The van der Waals surface area contributed by atoms with Crippen molar-refractivity contribution in [2.24, 2.45) is 5.92 Å². The van der Waals surface area contributed by atoms with E-state index < -0.39 is 24.0 Å². The van der Waals surface area contributed by atoms with Crippen molar-refractivity contribution in [1.82, 2.24) is 5.32 Å². The fourth-order valence-electron chi connectivity index (χ4n) is 3.20. The zero-order valence-electron chi connectivity index (χ0n) is 14.7. The molecule has 7 heteroatoms. The van der Waals surface area contributed by atoms with Crippen LogP contribution in [0.15, 0.2) is 24.3 Å². The van der Waals surface area contributed by atoms with E-state index in [0.29, 0.717) is 18.7 Å². The van der Waals surface area contributed by atoms with Gasteiger partial charge in [-0.15, -0.1) is 0 Å². The highest BCUT2D eigenvalue weighted by atomic mass is 16.5. The number of esters is 1. The summed E-state index contributed by atoms with van der Waals surface area (Å²) in [6, 6.07) is 8.82. The minimum Gasteiger partial charge on any atom is -0.452 e. The molecule has 1 heterocycles. The second-order valence-corrected chi connectivity index (χ2v) is 6.88. The van der Waals surface area contributed by atoms with Gasteiger partial charge in [-0.25, -0.2) is 4.79 Å². The normalized spacial score (nSPS) is 18.8. The van der Waals surface area contributed by atoms with Gasteiger partial charge in [0.2, 0.25) is 5.91 Å². The van der Waals surface area contributed by atoms with Gasteiger partial charge in [-0.2, -0.15) is 5.26 Å². The van der Waals surface area contributed by atoms with Crippen LogP contribution in [0.3, 0.4) is 0 Å². The van der Waals surface area contributed by atoms with Crippen LogP contribution in [-0.2, 0) is 14.3 Å². The molecule has 0 radical (unpaired) electrons. The van der Waals surface area contributed by atoms with Crippen molar-refractivity contribution in [2.75, 3.05) is 18.1 Å². The summed E-state index contributed by atoms with van der Waals surface area (Å²) in [5, 5.41) is 11.9.